The molecule has 2 aliphatic heterocycles. The first-order valence-corrected chi connectivity index (χ1v) is 15.0. The summed E-state index contributed by atoms with van der Waals surface area (Å²) in [6, 6.07) is 5.64. The van der Waals surface area contributed by atoms with Crippen molar-refractivity contribution >= 4 is 21.5 Å². The first-order chi connectivity index (χ1) is 20.7. The zero-order chi connectivity index (χ0) is 32.0. The lowest BCUT2D eigenvalue weighted by Crippen LogP contribution is -2.54. The Balaban J connectivity index is 1.54. The lowest BCUT2D eigenvalue weighted by atomic mass is 9.84. The van der Waals surface area contributed by atoms with Gasteiger partial charge in [-0.2, -0.15) is 21.6 Å². The summed E-state index contributed by atoms with van der Waals surface area (Å²) in [5, 5.41) is 3.03. The first kappa shape index (κ1) is 31.8. The van der Waals surface area contributed by atoms with Gasteiger partial charge >= 0.3 is 15.6 Å². The molecule has 0 bridgehead atoms. The Morgan fingerprint density at radius 2 is 1.64 bits per heavy atom. The summed E-state index contributed by atoms with van der Waals surface area (Å²) in [6.07, 6.45) is 0.359. The van der Waals surface area contributed by atoms with E-state index in [4.69, 9.17) is 0 Å². The summed E-state index contributed by atoms with van der Waals surface area (Å²) < 4.78 is 139. The van der Waals surface area contributed by atoms with E-state index in [-0.39, 0.29) is 35.0 Å². The second-order valence-electron chi connectivity index (χ2n) is 10.8. The molecule has 3 aromatic rings. The highest BCUT2D eigenvalue weighted by atomic mass is 32.2. The number of halogens is 8. The lowest BCUT2D eigenvalue weighted by molar-refractivity contribution is -0.0500. The SMILES string of the molecule is C[C@@H]1Cc2cc(OS(=O)(=O)C(F)(F)F)ccc2[C@@H](c2c(F)cc(NC3CN(CCCF)C3)cc2F)N1c1ccc(F)cc1F. The van der Waals surface area contributed by atoms with E-state index in [9.17, 15) is 30.4 Å². The van der Waals surface area contributed by atoms with E-state index < -0.39 is 69.0 Å². The van der Waals surface area contributed by atoms with Crippen molar-refractivity contribution in [1.82, 2.24) is 4.90 Å². The second-order valence-corrected chi connectivity index (χ2v) is 12.3. The molecule has 6 nitrogen and oxygen atoms in total. The van der Waals surface area contributed by atoms with Crippen molar-refractivity contribution in [3.05, 3.63) is 88.5 Å². The van der Waals surface area contributed by atoms with Crippen LogP contribution in [0.1, 0.15) is 36.1 Å². The molecule has 2 atom stereocenters. The van der Waals surface area contributed by atoms with Gasteiger partial charge in [0.2, 0.25) is 0 Å². The Hall–Kier alpha value is -3.59. The van der Waals surface area contributed by atoms with Gasteiger partial charge in [0, 0.05) is 37.4 Å². The molecule has 0 aromatic heterocycles. The maximum Gasteiger partial charge on any atom is 0.534 e. The fourth-order valence-electron chi connectivity index (χ4n) is 5.73. The molecular weight excluding hydrogens is 622 g/mol. The maximum absolute atomic E-state index is 15.9. The van der Waals surface area contributed by atoms with Gasteiger partial charge in [-0.1, -0.05) is 6.07 Å². The molecule has 1 N–H and O–H groups in total. The Morgan fingerprint density at radius 1 is 0.955 bits per heavy atom. The Bertz CT molecular complexity index is 1620. The van der Waals surface area contributed by atoms with Crippen LogP contribution in [-0.4, -0.2) is 57.2 Å². The summed E-state index contributed by atoms with van der Waals surface area (Å²) in [5.41, 5.74) is -5.91. The van der Waals surface area contributed by atoms with Crippen LogP contribution in [0, 0.1) is 23.3 Å². The van der Waals surface area contributed by atoms with Gasteiger partial charge in [-0.25, -0.2) is 17.6 Å². The molecule has 0 radical (unpaired) electrons. The normalized spacial score (nSPS) is 19.4. The highest BCUT2D eigenvalue weighted by Gasteiger charge is 2.49. The number of anilines is 2. The van der Waals surface area contributed by atoms with Crippen LogP contribution in [0.15, 0.2) is 48.5 Å². The van der Waals surface area contributed by atoms with Gasteiger partial charge in [0.05, 0.1) is 30.0 Å². The third-order valence-electron chi connectivity index (χ3n) is 7.64. The van der Waals surface area contributed by atoms with Crippen molar-refractivity contribution < 1.29 is 47.7 Å². The average Bonchev–Trinajstić information content (AvgIpc) is 2.89. The van der Waals surface area contributed by atoms with Gasteiger partial charge in [0.25, 0.3) is 0 Å². The molecule has 2 heterocycles. The Kier molecular flexibility index (Phi) is 8.73. The molecular formula is C29H27F8N3O3S. The monoisotopic (exact) mass is 649 g/mol. The van der Waals surface area contributed by atoms with Crippen LogP contribution >= 0.6 is 0 Å². The summed E-state index contributed by atoms with van der Waals surface area (Å²) in [7, 11) is -6.00. The molecule has 2 aliphatic rings. The number of nitrogens with zero attached hydrogens (tertiary/aromatic N) is 2. The van der Waals surface area contributed by atoms with E-state index in [1.165, 1.54) is 4.90 Å². The number of fused-ring (bicyclic) bond motifs is 1. The summed E-state index contributed by atoms with van der Waals surface area (Å²) in [4.78, 5) is 3.32. The molecule has 0 unspecified atom stereocenters. The Labute approximate surface area is 248 Å². The number of alkyl halides is 4. The zero-order valence-electron chi connectivity index (χ0n) is 23.1. The third kappa shape index (κ3) is 6.29. The minimum atomic E-state index is -6.00. The van der Waals surface area contributed by atoms with E-state index in [2.05, 4.69) is 9.50 Å². The number of likely N-dealkylation sites (tertiary alicyclic amines) is 1. The molecule has 44 heavy (non-hydrogen) atoms. The molecule has 238 valence electrons. The van der Waals surface area contributed by atoms with E-state index in [0.29, 0.717) is 32.1 Å². The minimum absolute atomic E-state index is 0.0185. The van der Waals surface area contributed by atoms with Crippen molar-refractivity contribution in [2.24, 2.45) is 0 Å². The van der Waals surface area contributed by atoms with Gasteiger partial charge in [-0.3, -0.25) is 9.29 Å². The predicted molar refractivity (Wildman–Crippen MR) is 147 cm³/mol. The molecule has 0 saturated carbocycles. The van der Waals surface area contributed by atoms with Crippen LogP contribution in [0.2, 0.25) is 0 Å². The van der Waals surface area contributed by atoms with Gasteiger partial charge in [-0.15, -0.1) is 0 Å². The van der Waals surface area contributed by atoms with Crippen LogP contribution in [0.3, 0.4) is 0 Å². The highest BCUT2D eigenvalue weighted by Crippen LogP contribution is 2.45. The van der Waals surface area contributed by atoms with E-state index in [1.807, 2.05) is 4.90 Å². The van der Waals surface area contributed by atoms with Crippen molar-refractivity contribution in [1.29, 1.82) is 0 Å². The molecule has 3 aromatic carbocycles. The molecule has 1 saturated heterocycles. The van der Waals surface area contributed by atoms with E-state index in [1.54, 1.807) is 6.92 Å². The summed E-state index contributed by atoms with van der Waals surface area (Å²) >= 11 is 0. The third-order valence-corrected chi connectivity index (χ3v) is 8.62. The lowest BCUT2D eigenvalue weighted by Gasteiger charge is -2.44. The van der Waals surface area contributed by atoms with Crippen molar-refractivity contribution in [3.63, 3.8) is 0 Å². The van der Waals surface area contributed by atoms with Crippen molar-refractivity contribution in [2.45, 2.75) is 43.4 Å². The molecule has 5 rings (SSSR count). The zero-order valence-corrected chi connectivity index (χ0v) is 24.0. The van der Waals surface area contributed by atoms with Crippen molar-refractivity contribution in [2.75, 3.05) is 36.5 Å². The van der Waals surface area contributed by atoms with Gasteiger partial charge in [0.1, 0.15) is 29.0 Å². The van der Waals surface area contributed by atoms with Crippen molar-refractivity contribution in [3.8, 4) is 5.75 Å². The predicted octanol–water partition coefficient (Wildman–Crippen LogP) is 6.47. The number of hydrogen-bond acceptors (Lipinski definition) is 6. The second kappa shape index (κ2) is 12.1. The molecule has 0 aliphatic carbocycles. The quantitative estimate of drug-likeness (QED) is 0.163. The molecule has 0 amide bonds. The number of benzene rings is 3. The smallest absolute Gasteiger partial charge is 0.380 e. The Morgan fingerprint density at radius 3 is 2.25 bits per heavy atom. The van der Waals surface area contributed by atoms with Crippen LogP contribution in [0.25, 0.3) is 0 Å². The largest absolute Gasteiger partial charge is 0.534 e. The number of nitrogens with one attached hydrogen (secondary N) is 1. The number of hydrogen-bond donors (Lipinski definition) is 1. The average molecular weight is 650 g/mol. The number of rotatable bonds is 9. The topological polar surface area (TPSA) is 61.9 Å². The van der Waals surface area contributed by atoms with Gasteiger partial charge < -0.3 is 14.4 Å². The first-order valence-electron chi connectivity index (χ1n) is 13.6. The van der Waals surface area contributed by atoms with Crippen LogP contribution in [0.5, 0.6) is 5.75 Å². The molecule has 1 fully saturated rings. The van der Waals surface area contributed by atoms with Crippen LogP contribution < -0.4 is 14.4 Å². The van der Waals surface area contributed by atoms with Gasteiger partial charge in [0.15, 0.2) is 0 Å². The van der Waals surface area contributed by atoms with E-state index >= 15 is 13.2 Å². The fraction of sp³-hybridized carbons (Fsp3) is 0.379. The summed E-state index contributed by atoms with van der Waals surface area (Å²) in [5.74, 6) is -4.59. The van der Waals surface area contributed by atoms with Gasteiger partial charge in [-0.05, 0) is 67.3 Å². The highest BCUT2D eigenvalue weighted by molar-refractivity contribution is 7.88. The maximum atomic E-state index is 15.9. The summed E-state index contributed by atoms with van der Waals surface area (Å²) in [6.45, 7) is 2.76. The van der Waals surface area contributed by atoms with E-state index in [0.717, 1.165) is 42.5 Å². The standard InChI is InChI=1S/C29H27F8N3O3S/c1-16-9-17-10-21(43-44(41,42)29(35,36)37)4-5-22(17)28(40(16)26-6-3-18(31)11-23(26)32)27-24(33)12-19(13-25(27)34)38-20-14-39(15-20)8-2-7-30/h3-6,10-13,16,20,28,38H,2,7-9,14-15H2,1H3/t16-,28+/m1/s1. The van der Waals surface area contributed by atoms with Crippen LogP contribution in [-0.2, 0) is 16.5 Å². The molecule has 15 heteroatoms. The fourth-order valence-corrected chi connectivity index (χ4v) is 6.18. The van der Waals surface area contributed by atoms with Crippen LogP contribution in [0.4, 0.5) is 46.5 Å². The minimum Gasteiger partial charge on any atom is -0.380 e. The molecule has 0 spiro atoms.